The molecule has 20 heteroatoms. The Balaban J connectivity index is 0.609. The molecule has 0 saturated carbocycles. The zero-order valence-corrected chi connectivity index (χ0v) is 48.8. The average molecular weight is 1150 g/mol. The number of aliphatic hydroxyl groups excluding tert-OH is 1. The smallest absolute Gasteiger partial charge is 0.319 e. The first-order valence-electron chi connectivity index (χ1n) is 29.9. The van der Waals surface area contributed by atoms with Crippen LogP contribution in [-0.2, 0) is 16.0 Å². The van der Waals surface area contributed by atoms with Crippen molar-refractivity contribution in [1.29, 1.82) is 0 Å². The van der Waals surface area contributed by atoms with Gasteiger partial charge in [-0.05, 0) is 110 Å². The van der Waals surface area contributed by atoms with Crippen molar-refractivity contribution < 1.29 is 33.5 Å². The Hall–Kier alpha value is -6.84. The SMILES string of the molecule is CCc1cccc2cc(O)cc(-c3ncc4c(N5CC6CCC(C5)N6)nc(OCCC5CC(CN6CC7(C6)CN(c6cc([C@H](C(=O)N8C[C@H](O)C[C@H]8C(=O)N[C@@H](C)c8ccc(-c9scnc9C)cc8)C(C)C)on6)C7)CCN5)nc4c3F)c12. The Kier molecular flexibility index (Phi) is 15.1. The molecule has 7 aromatic rings. The summed E-state index contributed by atoms with van der Waals surface area (Å²) in [6, 6.07) is 19.1. The molecule has 6 aliphatic rings. The second-order valence-electron chi connectivity index (χ2n) is 24.9. The summed E-state index contributed by atoms with van der Waals surface area (Å²) in [5.74, 6) is 0.471. The largest absolute Gasteiger partial charge is 0.508 e. The number of β-amino-alcohol motifs (C(OH)–C–C–N with tert-alkyl or cyclic N) is 1. The summed E-state index contributed by atoms with van der Waals surface area (Å²) in [7, 11) is 0. The van der Waals surface area contributed by atoms with Crippen LogP contribution in [0.3, 0.4) is 0 Å². The van der Waals surface area contributed by atoms with Gasteiger partial charge in [-0.15, -0.1) is 11.3 Å². The van der Waals surface area contributed by atoms with E-state index in [4.69, 9.17) is 24.2 Å². The minimum atomic E-state index is -0.816. The third-order valence-electron chi connectivity index (χ3n) is 18.6. The highest BCUT2D eigenvalue weighted by atomic mass is 32.1. The number of halogens is 1. The third kappa shape index (κ3) is 10.9. The van der Waals surface area contributed by atoms with E-state index >= 15 is 4.39 Å². The number of amides is 2. The van der Waals surface area contributed by atoms with Crippen molar-refractivity contribution >= 4 is 56.5 Å². The molecule has 18 nitrogen and oxygen atoms in total. The number of nitrogens with one attached hydrogen (secondary N) is 3. The molecule has 5 N–H and O–H groups in total. The van der Waals surface area contributed by atoms with E-state index in [0.717, 1.165) is 129 Å². The van der Waals surface area contributed by atoms with Crippen LogP contribution >= 0.6 is 11.3 Å². The molecule has 2 amide bonds. The number of hydrogen-bond acceptors (Lipinski definition) is 17. The number of aromatic hydroxyl groups is 1. The number of aromatic nitrogens is 5. The second-order valence-corrected chi connectivity index (χ2v) is 25.8. The molecule has 436 valence electrons. The maximum atomic E-state index is 17.2. The first-order chi connectivity index (χ1) is 40.2. The molecular formula is C63H75FN12O6S. The average Bonchev–Trinajstić information content (AvgIpc) is 2.33. The summed E-state index contributed by atoms with van der Waals surface area (Å²) < 4.78 is 29.5. The number of phenols is 1. The van der Waals surface area contributed by atoms with Gasteiger partial charge >= 0.3 is 6.01 Å². The molecule has 8 atom stereocenters. The van der Waals surface area contributed by atoms with Gasteiger partial charge in [-0.3, -0.25) is 14.6 Å². The zero-order chi connectivity index (χ0) is 57.3. The fourth-order valence-electron chi connectivity index (χ4n) is 14.4. The summed E-state index contributed by atoms with van der Waals surface area (Å²) in [6.45, 7) is 17.6. The van der Waals surface area contributed by atoms with Crippen molar-refractivity contribution in [3.8, 4) is 33.5 Å². The number of aryl methyl sites for hydroxylation is 2. The van der Waals surface area contributed by atoms with Gasteiger partial charge in [0.2, 0.25) is 11.8 Å². The second kappa shape index (κ2) is 22.6. The Labute approximate surface area is 487 Å². The van der Waals surface area contributed by atoms with E-state index in [2.05, 4.69) is 47.7 Å². The molecule has 1 spiro atoms. The van der Waals surface area contributed by atoms with Gasteiger partial charge < -0.3 is 55.0 Å². The molecule has 4 unspecified atom stereocenters. The topological polar surface area (TPSA) is 210 Å². The fourth-order valence-corrected chi connectivity index (χ4v) is 15.3. The van der Waals surface area contributed by atoms with Crippen molar-refractivity contribution in [3.63, 3.8) is 0 Å². The Morgan fingerprint density at radius 1 is 0.964 bits per heavy atom. The number of phenolic OH excluding ortho intramolecular Hbond substituents is 1. The van der Waals surface area contributed by atoms with Gasteiger partial charge in [-0.2, -0.15) is 9.97 Å². The summed E-state index contributed by atoms with van der Waals surface area (Å²) in [5, 5.41) is 38.9. The van der Waals surface area contributed by atoms with E-state index in [1.54, 1.807) is 29.7 Å². The normalized spacial score (nSPS) is 23.9. The number of likely N-dealkylation sites (tertiary alicyclic amines) is 2. The van der Waals surface area contributed by atoms with E-state index in [-0.39, 0.29) is 71.2 Å². The van der Waals surface area contributed by atoms with E-state index in [1.807, 2.05) is 81.7 Å². The molecule has 13 rings (SSSR count). The third-order valence-corrected chi connectivity index (χ3v) is 19.5. The molecule has 83 heavy (non-hydrogen) atoms. The molecule has 3 aromatic carbocycles. The molecule has 2 bridgehead atoms. The first-order valence-corrected chi connectivity index (χ1v) is 30.8. The zero-order valence-electron chi connectivity index (χ0n) is 48.0. The molecule has 6 saturated heterocycles. The number of rotatable bonds is 17. The molecule has 6 aliphatic heterocycles. The summed E-state index contributed by atoms with van der Waals surface area (Å²) in [6.07, 6.45) is 6.82. The van der Waals surface area contributed by atoms with Crippen molar-refractivity contribution in [2.75, 3.05) is 75.3 Å². The van der Waals surface area contributed by atoms with Crippen LogP contribution in [0.1, 0.15) is 101 Å². The van der Waals surface area contributed by atoms with Crippen molar-refractivity contribution in [2.45, 2.75) is 122 Å². The lowest BCUT2D eigenvalue weighted by atomic mass is 9.72. The van der Waals surface area contributed by atoms with Crippen LogP contribution in [0.25, 0.3) is 43.4 Å². The lowest BCUT2D eigenvalue weighted by Crippen LogP contribution is -2.72. The predicted octanol–water partition coefficient (Wildman–Crippen LogP) is 8.15. The quantitative estimate of drug-likeness (QED) is 0.0583. The van der Waals surface area contributed by atoms with Crippen LogP contribution in [0.15, 0.2) is 76.9 Å². The van der Waals surface area contributed by atoms with Crippen LogP contribution in [0.2, 0.25) is 0 Å². The van der Waals surface area contributed by atoms with Crippen LogP contribution in [0, 0.1) is 30.0 Å². The molecule has 6 fully saturated rings. The Morgan fingerprint density at radius 3 is 2.51 bits per heavy atom. The summed E-state index contributed by atoms with van der Waals surface area (Å²) in [5.41, 5.74) is 6.88. The number of piperazine rings is 1. The van der Waals surface area contributed by atoms with E-state index in [1.165, 1.54) is 4.90 Å². The fraction of sp³-hybridized carbons (Fsp3) is 0.508. The van der Waals surface area contributed by atoms with E-state index in [9.17, 15) is 19.8 Å². The maximum absolute atomic E-state index is 17.2. The van der Waals surface area contributed by atoms with Crippen molar-refractivity contribution in [2.24, 2.45) is 17.3 Å². The molecule has 0 aliphatic carbocycles. The summed E-state index contributed by atoms with van der Waals surface area (Å²) >= 11 is 1.60. The number of pyridine rings is 1. The lowest BCUT2D eigenvalue weighted by molar-refractivity contribution is -0.141. The minimum absolute atomic E-state index is 0.0450. The number of aliphatic hydroxyl groups is 1. The Morgan fingerprint density at radius 2 is 1.76 bits per heavy atom. The van der Waals surface area contributed by atoms with Crippen LogP contribution in [0.5, 0.6) is 11.8 Å². The van der Waals surface area contributed by atoms with Gasteiger partial charge in [-0.1, -0.05) is 68.4 Å². The van der Waals surface area contributed by atoms with Gasteiger partial charge in [-0.25, -0.2) is 9.37 Å². The number of benzene rings is 3. The van der Waals surface area contributed by atoms with Gasteiger partial charge in [0.25, 0.3) is 0 Å². The number of hydrogen-bond donors (Lipinski definition) is 5. The molecular weight excluding hydrogens is 1070 g/mol. The summed E-state index contributed by atoms with van der Waals surface area (Å²) in [4.78, 5) is 56.8. The number of nitrogens with zero attached hydrogens (tertiary/aromatic N) is 9. The van der Waals surface area contributed by atoms with Gasteiger partial charge in [0, 0.05) is 100 Å². The van der Waals surface area contributed by atoms with Crippen LogP contribution in [0.4, 0.5) is 16.0 Å². The standard InChI is InChI=1S/C63H75FN12O6S/c1-6-39-8-7-9-42-21-46(77)22-48(54(39)42)56-55(64)57-49(25-66-56)59(74-27-44-14-15-45(28-74)69-44)71-62(70-57)81-19-17-43-20-38(16-18-65-43)26-73-30-63(31-73)32-75(33-63)52-24-51(82-72-52)53(35(2)3)61(80)76-29-47(78)23-50(76)60(79)68-36(4)40-10-12-41(13-11-40)58-37(5)67-34-83-58/h7-13,21-22,24-25,34-36,38,43-45,47,50,53,65,69,77-78H,6,14-20,23,26-33H2,1-5H3,(H,68,79)/t36-,38?,43?,44?,45?,47+,50-,53+/m0/s1. The molecule has 4 aromatic heterocycles. The number of carbonyl (C=O) groups is 2. The number of thiazole rings is 1. The molecule has 0 radical (unpaired) electrons. The molecule has 10 heterocycles. The lowest BCUT2D eigenvalue weighted by Gasteiger charge is -2.61. The minimum Gasteiger partial charge on any atom is -0.508 e. The van der Waals surface area contributed by atoms with Crippen LogP contribution in [-0.4, -0.2) is 153 Å². The number of fused-ring (bicyclic) bond motifs is 4. The van der Waals surface area contributed by atoms with Gasteiger partial charge in [0.1, 0.15) is 34.7 Å². The highest BCUT2D eigenvalue weighted by molar-refractivity contribution is 7.13. The highest BCUT2D eigenvalue weighted by Gasteiger charge is 2.53. The number of ether oxygens (including phenoxy) is 1. The monoisotopic (exact) mass is 1150 g/mol. The highest BCUT2D eigenvalue weighted by Crippen LogP contribution is 2.44. The Bertz CT molecular complexity index is 3530. The maximum Gasteiger partial charge on any atom is 0.319 e. The van der Waals surface area contributed by atoms with E-state index < -0.39 is 23.9 Å². The van der Waals surface area contributed by atoms with Gasteiger partial charge in [0.15, 0.2) is 17.4 Å². The van der Waals surface area contributed by atoms with Gasteiger partial charge in [0.05, 0.1) is 40.2 Å². The first kappa shape index (κ1) is 55.4. The number of carbonyl (C=O) groups excluding carboxylic acids is 2. The number of piperidine rings is 1. The van der Waals surface area contributed by atoms with Crippen molar-refractivity contribution in [3.05, 3.63) is 101 Å². The van der Waals surface area contributed by atoms with E-state index in [0.29, 0.717) is 53.0 Å². The van der Waals surface area contributed by atoms with Crippen LogP contribution < -0.4 is 30.5 Å². The number of anilines is 2. The van der Waals surface area contributed by atoms with Crippen molar-refractivity contribution in [1.82, 2.24) is 50.8 Å². The predicted molar refractivity (Wildman–Crippen MR) is 318 cm³/mol.